The maximum Gasteiger partial charge on any atom is 0.254 e. The Morgan fingerprint density at radius 2 is 1.56 bits per heavy atom. The highest BCUT2D eigenvalue weighted by Crippen LogP contribution is 2.23. The number of aromatic nitrogens is 2. The Bertz CT molecular complexity index is 1230. The van der Waals surface area contributed by atoms with Gasteiger partial charge in [-0.1, -0.05) is 36.4 Å². The van der Waals surface area contributed by atoms with Crippen molar-refractivity contribution in [1.82, 2.24) is 15.1 Å². The highest BCUT2D eigenvalue weighted by molar-refractivity contribution is 6.07. The van der Waals surface area contributed by atoms with Crippen LogP contribution in [0.1, 0.15) is 10.4 Å². The zero-order valence-electron chi connectivity index (χ0n) is 17.9. The van der Waals surface area contributed by atoms with E-state index >= 15 is 0 Å². The average Bonchev–Trinajstić information content (AvgIpc) is 2.88. The number of rotatable bonds is 4. The second-order valence-corrected chi connectivity index (χ2v) is 7.81. The first-order valence-electron chi connectivity index (χ1n) is 10.7. The van der Waals surface area contributed by atoms with E-state index in [0.717, 1.165) is 52.3 Å². The Balaban J connectivity index is 1.25. The van der Waals surface area contributed by atoms with Crippen LogP contribution in [0.25, 0.3) is 22.0 Å². The lowest BCUT2D eigenvalue weighted by molar-refractivity contribution is 0.0748. The Morgan fingerprint density at radius 3 is 2.28 bits per heavy atom. The minimum atomic E-state index is 0.0855. The molecule has 0 saturated carbocycles. The molecule has 1 fully saturated rings. The molecule has 1 aromatic heterocycles. The van der Waals surface area contributed by atoms with Gasteiger partial charge in [-0.05, 0) is 53.2 Å². The molecule has 1 aliphatic heterocycles. The van der Waals surface area contributed by atoms with Crippen LogP contribution >= 0.6 is 0 Å². The van der Waals surface area contributed by atoms with Crippen molar-refractivity contribution in [3.8, 4) is 17.0 Å². The molecule has 0 radical (unpaired) electrons. The van der Waals surface area contributed by atoms with Crippen molar-refractivity contribution in [3.63, 3.8) is 0 Å². The van der Waals surface area contributed by atoms with Crippen molar-refractivity contribution >= 4 is 22.5 Å². The van der Waals surface area contributed by atoms with Gasteiger partial charge in [0.05, 0.1) is 12.8 Å². The zero-order chi connectivity index (χ0) is 21.9. The number of amides is 1. The molecular formula is C26H24N4O2. The van der Waals surface area contributed by atoms with Gasteiger partial charge in [0.2, 0.25) is 0 Å². The minimum absolute atomic E-state index is 0.0855. The topological polar surface area (TPSA) is 58.6 Å². The largest absolute Gasteiger partial charge is 0.497 e. The van der Waals surface area contributed by atoms with Crippen molar-refractivity contribution in [2.24, 2.45) is 0 Å². The Labute approximate surface area is 187 Å². The summed E-state index contributed by atoms with van der Waals surface area (Å²) in [6, 6.07) is 25.7. The fourth-order valence-electron chi connectivity index (χ4n) is 4.13. The summed E-state index contributed by atoms with van der Waals surface area (Å²) in [5, 5.41) is 10.9. The molecule has 0 spiro atoms. The fraction of sp³-hybridized carbons (Fsp3) is 0.192. The standard InChI is InChI=1S/C26H24N4O2/c1-32-21-11-9-20(10-12-21)24-13-14-25(28-27-24)29-15-17-30(18-16-29)26(31)23-8-4-6-19-5-2-3-7-22(19)23/h2-14H,15-18H2,1H3. The van der Waals surface area contributed by atoms with Gasteiger partial charge in [0.1, 0.15) is 5.75 Å². The van der Waals surface area contributed by atoms with Crippen LogP contribution in [0.2, 0.25) is 0 Å². The summed E-state index contributed by atoms with van der Waals surface area (Å²) in [6.07, 6.45) is 0. The zero-order valence-corrected chi connectivity index (χ0v) is 17.9. The molecule has 0 bridgehead atoms. The van der Waals surface area contributed by atoms with Gasteiger partial charge in [-0.2, -0.15) is 0 Å². The molecule has 0 aliphatic carbocycles. The van der Waals surface area contributed by atoms with Crippen molar-refractivity contribution in [2.75, 3.05) is 38.2 Å². The number of benzene rings is 3. The molecule has 160 valence electrons. The number of hydrogen-bond donors (Lipinski definition) is 0. The first-order valence-corrected chi connectivity index (χ1v) is 10.7. The lowest BCUT2D eigenvalue weighted by Crippen LogP contribution is -2.49. The molecule has 6 heteroatoms. The van der Waals surface area contributed by atoms with Gasteiger partial charge in [-0.15, -0.1) is 10.2 Å². The third-order valence-electron chi connectivity index (χ3n) is 5.95. The summed E-state index contributed by atoms with van der Waals surface area (Å²) in [5.41, 5.74) is 2.58. The van der Waals surface area contributed by atoms with Crippen LogP contribution in [0.15, 0.2) is 78.9 Å². The van der Waals surface area contributed by atoms with Crippen LogP contribution in [-0.4, -0.2) is 54.3 Å². The van der Waals surface area contributed by atoms with E-state index in [4.69, 9.17) is 4.74 Å². The lowest BCUT2D eigenvalue weighted by atomic mass is 10.0. The summed E-state index contributed by atoms with van der Waals surface area (Å²) in [5.74, 6) is 1.73. The van der Waals surface area contributed by atoms with Gasteiger partial charge in [0.15, 0.2) is 5.82 Å². The third kappa shape index (κ3) is 3.87. The Hall–Kier alpha value is -3.93. The van der Waals surface area contributed by atoms with Gasteiger partial charge in [0, 0.05) is 37.3 Å². The lowest BCUT2D eigenvalue weighted by Gasteiger charge is -2.35. The molecule has 1 amide bonds. The minimum Gasteiger partial charge on any atom is -0.497 e. The van der Waals surface area contributed by atoms with Crippen LogP contribution in [0, 0.1) is 0 Å². The van der Waals surface area contributed by atoms with Crippen LogP contribution in [0.4, 0.5) is 5.82 Å². The number of anilines is 1. The SMILES string of the molecule is COc1ccc(-c2ccc(N3CCN(C(=O)c4cccc5ccccc45)CC3)nn2)cc1. The van der Waals surface area contributed by atoms with Crippen LogP contribution in [-0.2, 0) is 0 Å². The van der Waals surface area contributed by atoms with Crippen LogP contribution in [0.5, 0.6) is 5.75 Å². The molecule has 2 heterocycles. The number of carbonyl (C=O) groups excluding carboxylic acids is 1. The van der Waals surface area contributed by atoms with E-state index in [1.54, 1.807) is 7.11 Å². The number of nitrogens with zero attached hydrogens (tertiary/aromatic N) is 4. The highest BCUT2D eigenvalue weighted by atomic mass is 16.5. The summed E-state index contributed by atoms with van der Waals surface area (Å²) >= 11 is 0. The highest BCUT2D eigenvalue weighted by Gasteiger charge is 2.24. The van der Waals surface area contributed by atoms with E-state index in [-0.39, 0.29) is 5.91 Å². The number of fused-ring (bicyclic) bond motifs is 1. The molecule has 4 aromatic rings. The molecule has 32 heavy (non-hydrogen) atoms. The van der Waals surface area contributed by atoms with Gasteiger partial charge in [0.25, 0.3) is 5.91 Å². The summed E-state index contributed by atoms with van der Waals surface area (Å²) in [7, 11) is 1.65. The Morgan fingerprint density at radius 1 is 0.812 bits per heavy atom. The van der Waals surface area contributed by atoms with Crippen LogP contribution < -0.4 is 9.64 Å². The predicted octanol–water partition coefficient (Wildman–Crippen LogP) is 4.27. The van der Waals surface area contributed by atoms with Gasteiger partial charge >= 0.3 is 0 Å². The molecule has 1 saturated heterocycles. The number of hydrogen-bond acceptors (Lipinski definition) is 5. The molecule has 5 rings (SSSR count). The average molecular weight is 425 g/mol. The number of ether oxygens (including phenoxy) is 1. The quantitative estimate of drug-likeness (QED) is 0.490. The summed E-state index contributed by atoms with van der Waals surface area (Å²) < 4.78 is 5.21. The second kappa shape index (κ2) is 8.67. The molecule has 0 N–H and O–H groups in total. The molecule has 3 aromatic carbocycles. The first kappa shape index (κ1) is 20.0. The summed E-state index contributed by atoms with van der Waals surface area (Å²) in [6.45, 7) is 2.77. The number of piperazine rings is 1. The monoisotopic (exact) mass is 424 g/mol. The normalized spacial score (nSPS) is 13.9. The third-order valence-corrected chi connectivity index (χ3v) is 5.95. The van der Waals surface area contributed by atoms with Crippen LogP contribution in [0.3, 0.4) is 0 Å². The van der Waals surface area contributed by atoms with E-state index in [9.17, 15) is 4.79 Å². The van der Waals surface area contributed by atoms with Gasteiger partial charge in [-0.3, -0.25) is 4.79 Å². The maximum atomic E-state index is 13.2. The fourth-order valence-corrected chi connectivity index (χ4v) is 4.13. The second-order valence-electron chi connectivity index (χ2n) is 7.81. The molecular weight excluding hydrogens is 400 g/mol. The van der Waals surface area contributed by atoms with E-state index in [2.05, 4.69) is 15.1 Å². The van der Waals surface area contributed by atoms with Crippen molar-refractivity contribution in [2.45, 2.75) is 0 Å². The molecule has 0 atom stereocenters. The van der Waals surface area contributed by atoms with Crippen molar-refractivity contribution in [1.29, 1.82) is 0 Å². The Kier molecular flexibility index (Phi) is 5.42. The van der Waals surface area contributed by atoms with Gasteiger partial charge in [-0.25, -0.2) is 0 Å². The maximum absolute atomic E-state index is 13.2. The molecule has 6 nitrogen and oxygen atoms in total. The number of carbonyl (C=O) groups is 1. The van der Waals surface area contributed by atoms with E-state index in [0.29, 0.717) is 13.1 Å². The molecule has 1 aliphatic rings. The van der Waals surface area contributed by atoms with Crippen molar-refractivity contribution < 1.29 is 9.53 Å². The van der Waals surface area contributed by atoms with E-state index in [1.165, 1.54) is 0 Å². The van der Waals surface area contributed by atoms with E-state index in [1.807, 2.05) is 83.8 Å². The predicted molar refractivity (Wildman–Crippen MR) is 126 cm³/mol. The van der Waals surface area contributed by atoms with Crippen molar-refractivity contribution in [3.05, 3.63) is 84.4 Å². The van der Waals surface area contributed by atoms with E-state index < -0.39 is 0 Å². The van der Waals surface area contributed by atoms with Gasteiger partial charge < -0.3 is 14.5 Å². The molecule has 0 unspecified atom stereocenters. The summed E-state index contributed by atoms with van der Waals surface area (Å²) in [4.78, 5) is 17.3. The smallest absolute Gasteiger partial charge is 0.254 e. The number of methoxy groups -OCH3 is 1. The first-order chi connectivity index (χ1) is 15.7.